The first-order valence-corrected chi connectivity index (χ1v) is 14.1. The highest BCUT2D eigenvalue weighted by atomic mass is 16.5. The van der Waals surface area contributed by atoms with E-state index in [9.17, 15) is 25.2 Å². The van der Waals surface area contributed by atoms with Gasteiger partial charge in [0, 0.05) is 29.7 Å². The number of aliphatic hydroxyl groups is 2. The molecule has 38 heavy (non-hydrogen) atoms. The van der Waals surface area contributed by atoms with Crippen LogP contribution in [0.3, 0.4) is 0 Å². The Morgan fingerprint density at radius 3 is 2.45 bits per heavy atom. The summed E-state index contributed by atoms with van der Waals surface area (Å²) in [5, 5.41) is 45.1. The Balaban J connectivity index is 1.74. The maximum absolute atomic E-state index is 11.8. The van der Waals surface area contributed by atoms with E-state index >= 15 is 0 Å². The van der Waals surface area contributed by atoms with Crippen LogP contribution in [0.25, 0.3) is 0 Å². The lowest BCUT2D eigenvalue weighted by Gasteiger charge is -2.61. The summed E-state index contributed by atoms with van der Waals surface area (Å²) in [6, 6.07) is 1.47. The van der Waals surface area contributed by atoms with E-state index in [1.807, 2.05) is 27.7 Å². The van der Waals surface area contributed by atoms with E-state index < -0.39 is 46.6 Å². The van der Waals surface area contributed by atoms with Crippen molar-refractivity contribution in [1.29, 1.82) is 0 Å². The highest BCUT2D eigenvalue weighted by Gasteiger charge is 2.63. The SMILES string of the molecule is CCC(C)C(OC(C)=O)C(C)c1cc(O)c2c(c1O)OC1(C)CCC3OC(C(C)(C)O)CCC3(C)C1C2O. The fourth-order valence-electron chi connectivity index (χ4n) is 7.49. The van der Waals surface area contributed by atoms with Crippen molar-refractivity contribution >= 4 is 5.97 Å². The van der Waals surface area contributed by atoms with E-state index in [2.05, 4.69) is 6.92 Å². The number of phenolic OH excluding ortho intramolecular Hbond substituents is 2. The average molecular weight is 535 g/mol. The van der Waals surface area contributed by atoms with E-state index in [4.69, 9.17) is 14.2 Å². The summed E-state index contributed by atoms with van der Waals surface area (Å²) < 4.78 is 18.6. The van der Waals surface area contributed by atoms with Gasteiger partial charge in [-0.2, -0.15) is 0 Å². The Labute approximate surface area is 226 Å². The van der Waals surface area contributed by atoms with Crippen molar-refractivity contribution < 1.29 is 39.4 Å². The number of rotatable bonds is 6. The van der Waals surface area contributed by atoms with E-state index in [0.29, 0.717) is 24.8 Å². The highest BCUT2D eigenvalue weighted by molar-refractivity contribution is 5.66. The number of esters is 1. The van der Waals surface area contributed by atoms with Crippen LogP contribution < -0.4 is 4.74 Å². The minimum absolute atomic E-state index is 0.0223. The van der Waals surface area contributed by atoms with E-state index in [0.717, 1.165) is 12.8 Å². The zero-order valence-corrected chi connectivity index (χ0v) is 24.1. The lowest BCUT2D eigenvalue weighted by Crippen LogP contribution is -2.64. The largest absolute Gasteiger partial charge is 0.507 e. The molecule has 0 aromatic heterocycles. The molecule has 8 nitrogen and oxygen atoms in total. The molecule has 0 radical (unpaired) electrons. The molecule has 8 heteroatoms. The van der Waals surface area contributed by atoms with Gasteiger partial charge in [0.2, 0.25) is 0 Å². The molecule has 2 heterocycles. The average Bonchev–Trinajstić information content (AvgIpc) is 2.81. The number of carbonyl (C=O) groups excluding carboxylic acids is 1. The molecule has 0 amide bonds. The van der Waals surface area contributed by atoms with Crippen molar-refractivity contribution in [3.8, 4) is 17.2 Å². The van der Waals surface area contributed by atoms with Crippen LogP contribution in [0.2, 0.25) is 0 Å². The first-order valence-electron chi connectivity index (χ1n) is 14.1. The summed E-state index contributed by atoms with van der Waals surface area (Å²) >= 11 is 0. The monoisotopic (exact) mass is 534 g/mol. The molecular formula is C30H46O8. The van der Waals surface area contributed by atoms with Gasteiger partial charge in [-0.05, 0) is 58.4 Å². The van der Waals surface area contributed by atoms with Crippen LogP contribution in [0.5, 0.6) is 17.2 Å². The Morgan fingerprint density at radius 1 is 1.21 bits per heavy atom. The van der Waals surface area contributed by atoms with Gasteiger partial charge in [0.25, 0.3) is 0 Å². The van der Waals surface area contributed by atoms with Crippen LogP contribution in [0, 0.1) is 17.3 Å². The molecule has 4 N–H and O–H groups in total. The standard InChI is InChI=1S/C30H46O8/c1-9-15(2)25(36-17(4)31)16(3)18-14-19(32)22-24(34)27-29(7)12-10-20(28(5,6)35)37-21(29)11-13-30(27,8)38-26(22)23(18)33/h14-16,20-21,24-25,27,32-35H,9-13H2,1-8H3. The van der Waals surface area contributed by atoms with Crippen molar-refractivity contribution in [1.82, 2.24) is 0 Å². The van der Waals surface area contributed by atoms with Crippen LogP contribution in [0.15, 0.2) is 6.07 Å². The van der Waals surface area contributed by atoms with Crippen LogP contribution in [0.4, 0.5) is 0 Å². The minimum Gasteiger partial charge on any atom is -0.507 e. The third-order valence-electron chi connectivity index (χ3n) is 9.81. The Hall–Kier alpha value is -2.03. The van der Waals surface area contributed by atoms with Crippen molar-refractivity contribution in [2.24, 2.45) is 17.3 Å². The number of aromatic hydroxyl groups is 2. The summed E-state index contributed by atoms with van der Waals surface area (Å²) in [6.07, 6.45) is 1.33. The maximum Gasteiger partial charge on any atom is 0.302 e. The van der Waals surface area contributed by atoms with Crippen molar-refractivity contribution in [3.63, 3.8) is 0 Å². The molecule has 1 aromatic carbocycles. The van der Waals surface area contributed by atoms with Gasteiger partial charge < -0.3 is 34.6 Å². The van der Waals surface area contributed by atoms with E-state index in [-0.39, 0.29) is 40.9 Å². The smallest absolute Gasteiger partial charge is 0.302 e. The molecule has 0 spiro atoms. The predicted molar refractivity (Wildman–Crippen MR) is 142 cm³/mol. The number of benzene rings is 1. The number of phenols is 2. The molecule has 3 aliphatic rings. The first kappa shape index (κ1) is 29.0. The molecule has 9 atom stereocenters. The molecule has 2 aliphatic heterocycles. The molecular weight excluding hydrogens is 488 g/mol. The van der Waals surface area contributed by atoms with Gasteiger partial charge in [-0.15, -0.1) is 0 Å². The summed E-state index contributed by atoms with van der Waals surface area (Å²) in [4.78, 5) is 11.8. The highest BCUT2D eigenvalue weighted by Crippen LogP contribution is 2.64. The fraction of sp³-hybridized carbons (Fsp3) is 0.767. The first-order chi connectivity index (χ1) is 17.5. The molecule has 0 bridgehead atoms. The third-order valence-corrected chi connectivity index (χ3v) is 9.81. The van der Waals surface area contributed by atoms with Crippen LogP contribution in [-0.4, -0.2) is 55.9 Å². The quantitative estimate of drug-likeness (QED) is 0.293. The number of hydrogen-bond acceptors (Lipinski definition) is 8. The van der Waals surface area contributed by atoms with Crippen LogP contribution in [-0.2, 0) is 14.3 Å². The molecule has 1 aromatic rings. The molecule has 1 saturated heterocycles. The lowest BCUT2D eigenvalue weighted by atomic mass is 9.53. The maximum atomic E-state index is 11.8. The van der Waals surface area contributed by atoms with E-state index in [1.54, 1.807) is 13.8 Å². The summed E-state index contributed by atoms with van der Waals surface area (Å²) in [6.45, 7) is 14.8. The van der Waals surface area contributed by atoms with Crippen LogP contribution in [0.1, 0.15) is 111 Å². The van der Waals surface area contributed by atoms with Crippen LogP contribution >= 0.6 is 0 Å². The number of carbonyl (C=O) groups is 1. The van der Waals surface area contributed by atoms with Gasteiger partial charge in [-0.25, -0.2) is 0 Å². The minimum atomic E-state index is -1.09. The van der Waals surface area contributed by atoms with Gasteiger partial charge in [0.1, 0.15) is 17.5 Å². The number of ether oxygens (including phenoxy) is 3. The second kappa shape index (κ2) is 9.86. The third kappa shape index (κ3) is 4.66. The summed E-state index contributed by atoms with van der Waals surface area (Å²) in [5.74, 6) is -1.40. The second-order valence-electron chi connectivity index (χ2n) is 13.0. The van der Waals surface area contributed by atoms with Crippen molar-refractivity contribution in [3.05, 3.63) is 17.2 Å². The molecule has 9 unspecified atom stereocenters. The van der Waals surface area contributed by atoms with Crippen molar-refractivity contribution in [2.45, 2.75) is 129 Å². The zero-order chi connectivity index (χ0) is 28.4. The molecule has 1 aliphatic carbocycles. The molecule has 2 fully saturated rings. The Morgan fingerprint density at radius 2 is 1.87 bits per heavy atom. The predicted octanol–water partition coefficient (Wildman–Crippen LogP) is 5.10. The second-order valence-corrected chi connectivity index (χ2v) is 13.0. The fourth-order valence-corrected chi connectivity index (χ4v) is 7.49. The van der Waals surface area contributed by atoms with Gasteiger partial charge in [-0.3, -0.25) is 4.79 Å². The summed E-state index contributed by atoms with van der Waals surface area (Å²) in [5.41, 5.74) is -1.64. The van der Waals surface area contributed by atoms with Gasteiger partial charge in [0.15, 0.2) is 11.5 Å². The lowest BCUT2D eigenvalue weighted by molar-refractivity contribution is -0.256. The molecule has 4 rings (SSSR count). The van der Waals surface area contributed by atoms with Gasteiger partial charge in [0.05, 0.1) is 29.5 Å². The Kier molecular flexibility index (Phi) is 7.52. The van der Waals surface area contributed by atoms with E-state index in [1.165, 1.54) is 13.0 Å². The zero-order valence-electron chi connectivity index (χ0n) is 24.1. The molecule has 1 saturated carbocycles. The normalized spacial score (nSPS) is 35.1. The number of aliphatic hydroxyl groups excluding tert-OH is 1. The number of fused-ring (bicyclic) bond motifs is 4. The number of hydrogen-bond donors (Lipinski definition) is 4. The van der Waals surface area contributed by atoms with Gasteiger partial charge >= 0.3 is 5.97 Å². The topological polar surface area (TPSA) is 126 Å². The molecule has 214 valence electrons. The Bertz CT molecular complexity index is 1060. The van der Waals surface area contributed by atoms with Gasteiger partial charge in [-0.1, -0.05) is 34.1 Å². The summed E-state index contributed by atoms with van der Waals surface area (Å²) in [7, 11) is 0. The van der Waals surface area contributed by atoms with Crippen molar-refractivity contribution in [2.75, 3.05) is 0 Å².